The van der Waals surface area contributed by atoms with E-state index in [0.29, 0.717) is 0 Å². The monoisotopic (exact) mass is 334 g/mol. The van der Waals surface area contributed by atoms with Crippen molar-refractivity contribution in [3.05, 3.63) is 12.2 Å². The van der Waals surface area contributed by atoms with Crippen LogP contribution in [0.4, 0.5) is 0 Å². The zero-order valence-corrected chi connectivity index (χ0v) is 15.1. The summed E-state index contributed by atoms with van der Waals surface area (Å²) in [5.41, 5.74) is 0. The molecule has 22 heavy (non-hydrogen) atoms. The van der Waals surface area contributed by atoms with E-state index in [1.54, 1.807) is 0 Å². The topological polar surface area (TPSA) is 63.6 Å². The average molecular weight is 335 g/mol. The Hall–Kier alpha value is -0.390. The van der Waals surface area contributed by atoms with Crippen molar-refractivity contribution in [1.82, 2.24) is 0 Å². The molecule has 0 saturated carbocycles. The van der Waals surface area contributed by atoms with Crippen molar-refractivity contribution in [2.24, 2.45) is 5.92 Å². The first-order valence-corrected chi connectivity index (χ1v) is 10.1. The fraction of sp³-hybridized carbons (Fsp3) is 0.882. The van der Waals surface area contributed by atoms with Gasteiger partial charge in [-0.2, -0.15) is 8.42 Å². The zero-order chi connectivity index (χ0) is 16.7. The van der Waals surface area contributed by atoms with E-state index in [9.17, 15) is 8.42 Å². The predicted octanol–water partition coefficient (Wildman–Crippen LogP) is 5.31. The van der Waals surface area contributed by atoms with Crippen molar-refractivity contribution < 1.29 is 17.2 Å². The Kier molecular flexibility index (Phi) is 14.0. The number of allylic oxidation sites excluding steroid dienone is 1. The van der Waals surface area contributed by atoms with Crippen LogP contribution < -0.4 is 0 Å². The minimum Gasteiger partial charge on any atom is -0.264 e. The van der Waals surface area contributed by atoms with Crippen LogP contribution in [0.2, 0.25) is 0 Å². The van der Waals surface area contributed by atoms with Crippen LogP contribution in [0.25, 0.3) is 0 Å². The van der Waals surface area contributed by atoms with E-state index >= 15 is 0 Å². The van der Waals surface area contributed by atoms with Crippen LogP contribution in [0.15, 0.2) is 12.2 Å². The molecule has 1 atom stereocenters. The molecular weight excluding hydrogens is 300 g/mol. The van der Waals surface area contributed by atoms with Gasteiger partial charge in [-0.25, -0.2) is 4.18 Å². The molecule has 0 aromatic heterocycles. The van der Waals surface area contributed by atoms with E-state index < -0.39 is 10.4 Å². The van der Waals surface area contributed by atoms with Crippen molar-refractivity contribution in [2.45, 2.75) is 84.5 Å². The largest absolute Gasteiger partial charge is 0.397 e. The lowest BCUT2D eigenvalue weighted by Crippen LogP contribution is -2.12. The van der Waals surface area contributed by atoms with Gasteiger partial charge in [-0.1, -0.05) is 77.4 Å². The summed E-state index contributed by atoms with van der Waals surface area (Å²) in [5.74, 6) is 0.0646. The van der Waals surface area contributed by atoms with Gasteiger partial charge in [0.2, 0.25) is 0 Å². The molecule has 0 rings (SSSR count). The van der Waals surface area contributed by atoms with E-state index in [-0.39, 0.29) is 12.5 Å². The molecule has 0 aromatic carbocycles. The maximum Gasteiger partial charge on any atom is 0.397 e. The average Bonchev–Trinajstić information content (AvgIpc) is 2.46. The molecule has 0 heterocycles. The maximum atomic E-state index is 10.7. The van der Waals surface area contributed by atoms with Gasteiger partial charge in [-0.3, -0.25) is 4.55 Å². The van der Waals surface area contributed by atoms with Crippen LogP contribution in [0.3, 0.4) is 0 Å². The summed E-state index contributed by atoms with van der Waals surface area (Å²) in [6, 6.07) is 0. The Labute approximate surface area is 137 Å². The van der Waals surface area contributed by atoms with E-state index in [2.05, 4.69) is 30.2 Å². The van der Waals surface area contributed by atoms with Crippen molar-refractivity contribution in [3.63, 3.8) is 0 Å². The second-order valence-corrected chi connectivity index (χ2v) is 7.04. The van der Waals surface area contributed by atoms with E-state index in [1.165, 1.54) is 51.4 Å². The molecule has 0 aliphatic rings. The van der Waals surface area contributed by atoms with Gasteiger partial charge in [-0.15, -0.1) is 0 Å². The molecule has 0 spiro atoms. The van der Waals surface area contributed by atoms with Crippen molar-refractivity contribution in [3.8, 4) is 0 Å². The Balaban J connectivity index is 4.06. The molecule has 0 aliphatic heterocycles. The predicted molar refractivity (Wildman–Crippen MR) is 92.3 cm³/mol. The Morgan fingerprint density at radius 2 is 1.55 bits per heavy atom. The molecular formula is C17H34O4S. The van der Waals surface area contributed by atoms with Crippen LogP contribution in [0, 0.1) is 5.92 Å². The smallest absolute Gasteiger partial charge is 0.264 e. The zero-order valence-electron chi connectivity index (χ0n) is 14.3. The molecule has 0 aliphatic carbocycles. The fourth-order valence-corrected chi connectivity index (χ4v) is 2.74. The molecule has 0 bridgehead atoms. The molecule has 0 aromatic rings. The maximum absolute atomic E-state index is 10.7. The van der Waals surface area contributed by atoms with Gasteiger partial charge in [0.1, 0.15) is 0 Å². The first-order chi connectivity index (χ1) is 10.5. The lowest BCUT2D eigenvalue weighted by atomic mass is 10.00. The van der Waals surface area contributed by atoms with E-state index in [4.69, 9.17) is 4.55 Å². The number of hydrogen-bond acceptors (Lipinski definition) is 3. The molecule has 1 N–H and O–H groups in total. The van der Waals surface area contributed by atoms with Crippen molar-refractivity contribution in [2.75, 3.05) is 6.61 Å². The summed E-state index contributed by atoms with van der Waals surface area (Å²) >= 11 is 0. The molecule has 1 unspecified atom stereocenters. The Morgan fingerprint density at radius 3 is 2.14 bits per heavy atom. The van der Waals surface area contributed by atoms with E-state index in [1.807, 2.05) is 0 Å². The summed E-state index contributed by atoms with van der Waals surface area (Å²) in [4.78, 5) is 0. The van der Waals surface area contributed by atoms with Gasteiger partial charge < -0.3 is 0 Å². The van der Waals surface area contributed by atoms with Gasteiger partial charge in [-0.05, 0) is 19.3 Å². The molecule has 0 amide bonds. The van der Waals surface area contributed by atoms with Crippen LogP contribution in [0.5, 0.6) is 0 Å². The molecule has 5 heteroatoms. The van der Waals surface area contributed by atoms with Gasteiger partial charge in [0.05, 0.1) is 6.61 Å². The van der Waals surface area contributed by atoms with Crippen LogP contribution >= 0.6 is 0 Å². The number of unbranched alkanes of at least 4 members (excludes halogenated alkanes) is 8. The van der Waals surface area contributed by atoms with Crippen molar-refractivity contribution in [1.29, 1.82) is 0 Å². The minimum atomic E-state index is -4.33. The van der Waals surface area contributed by atoms with Gasteiger partial charge in [0.25, 0.3) is 0 Å². The first-order valence-electron chi connectivity index (χ1n) is 8.78. The Bertz CT molecular complexity index is 363. The van der Waals surface area contributed by atoms with Gasteiger partial charge >= 0.3 is 10.4 Å². The SMILES string of the molecule is CCCCCC/C=C/C(CCCCCCC)COS(=O)(=O)O. The molecule has 132 valence electrons. The number of hydrogen-bond donors (Lipinski definition) is 1. The van der Waals surface area contributed by atoms with Crippen molar-refractivity contribution >= 4 is 10.4 Å². The standard InChI is InChI=1S/C17H34O4S/c1-3-5-7-9-11-13-15-17(16-21-22(18,19)20)14-12-10-8-6-4-2/h13,15,17H,3-12,14,16H2,1-2H3,(H,18,19,20)/b15-13+. The van der Waals surface area contributed by atoms with Gasteiger partial charge in [0, 0.05) is 5.92 Å². The summed E-state index contributed by atoms with van der Waals surface area (Å²) in [5, 5.41) is 0. The molecule has 0 saturated heterocycles. The Morgan fingerprint density at radius 1 is 0.955 bits per heavy atom. The van der Waals surface area contributed by atoms with Crippen LogP contribution in [0.1, 0.15) is 84.5 Å². The highest BCUT2D eigenvalue weighted by Crippen LogP contribution is 2.15. The summed E-state index contributed by atoms with van der Waals surface area (Å²) in [6.07, 6.45) is 16.9. The molecule has 4 nitrogen and oxygen atoms in total. The summed E-state index contributed by atoms with van der Waals surface area (Å²) in [7, 11) is -4.33. The van der Waals surface area contributed by atoms with Crippen LogP contribution in [-0.4, -0.2) is 19.6 Å². The fourth-order valence-electron chi connectivity index (χ4n) is 2.40. The highest BCUT2D eigenvalue weighted by molar-refractivity contribution is 7.80. The van der Waals surface area contributed by atoms with Crippen LogP contribution in [-0.2, 0) is 14.6 Å². The normalized spacial score (nSPS) is 13.8. The third kappa shape index (κ3) is 16.0. The molecule has 0 fully saturated rings. The quantitative estimate of drug-likeness (QED) is 0.250. The lowest BCUT2D eigenvalue weighted by molar-refractivity contribution is 0.234. The minimum absolute atomic E-state index is 0.0398. The second kappa shape index (κ2) is 14.2. The molecule has 0 radical (unpaired) electrons. The highest BCUT2D eigenvalue weighted by Gasteiger charge is 2.11. The highest BCUT2D eigenvalue weighted by atomic mass is 32.3. The summed E-state index contributed by atoms with van der Waals surface area (Å²) in [6.45, 7) is 4.42. The third-order valence-electron chi connectivity index (χ3n) is 3.74. The number of rotatable bonds is 15. The second-order valence-electron chi connectivity index (χ2n) is 5.95. The van der Waals surface area contributed by atoms with Gasteiger partial charge in [0.15, 0.2) is 0 Å². The lowest BCUT2D eigenvalue weighted by Gasteiger charge is -2.11. The van der Waals surface area contributed by atoms with E-state index in [0.717, 1.165) is 19.3 Å². The first kappa shape index (κ1) is 21.6. The summed E-state index contributed by atoms with van der Waals surface area (Å²) < 4.78 is 34.7. The third-order valence-corrected chi connectivity index (χ3v) is 4.18.